The first-order chi connectivity index (χ1) is 10.6. The van der Waals surface area contributed by atoms with Crippen LogP contribution < -0.4 is 14.8 Å². The van der Waals surface area contributed by atoms with E-state index in [1.165, 1.54) is 0 Å². The van der Waals surface area contributed by atoms with Crippen LogP contribution in [0.15, 0.2) is 30.6 Å². The van der Waals surface area contributed by atoms with E-state index in [1.807, 2.05) is 20.2 Å². The Labute approximate surface area is 130 Å². The Hall–Kier alpha value is -2.50. The van der Waals surface area contributed by atoms with E-state index in [4.69, 9.17) is 9.47 Å². The molecule has 6 nitrogen and oxygen atoms in total. The number of anilines is 1. The largest absolute Gasteiger partial charge is 0.497 e. The average Bonchev–Trinajstić information content (AvgIpc) is 2.93. The topological polar surface area (TPSA) is 65.4 Å². The maximum atomic E-state index is 12.1. The van der Waals surface area contributed by atoms with E-state index in [0.717, 1.165) is 5.56 Å². The van der Waals surface area contributed by atoms with E-state index in [0.29, 0.717) is 36.6 Å². The number of aryl methyl sites for hydroxylation is 2. The number of nitrogens with one attached hydrogen (secondary N) is 1. The number of methoxy groups -OCH3 is 1. The molecule has 0 fully saturated rings. The van der Waals surface area contributed by atoms with E-state index < -0.39 is 0 Å². The zero-order valence-corrected chi connectivity index (χ0v) is 13.1. The van der Waals surface area contributed by atoms with Crippen LogP contribution in [0.4, 0.5) is 5.69 Å². The van der Waals surface area contributed by atoms with Crippen LogP contribution in [0.3, 0.4) is 0 Å². The van der Waals surface area contributed by atoms with Crippen molar-refractivity contribution in [1.29, 1.82) is 0 Å². The highest BCUT2D eigenvalue weighted by molar-refractivity contribution is 5.92. The molecule has 22 heavy (non-hydrogen) atoms. The molecule has 1 N–H and O–H groups in total. The smallest absolute Gasteiger partial charge is 0.224 e. The molecule has 2 aromatic rings. The van der Waals surface area contributed by atoms with E-state index in [1.54, 1.807) is 36.2 Å². The Morgan fingerprint density at radius 2 is 2.23 bits per heavy atom. The third-order valence-corrected chi connectivity index (χ3v) is 3.16. The number of ether oxygens (including phenoxy) is 2. The van der Waals surface area contributed by atoms with E-state index in [-0.39, 0.29) is 5.91 Å². The summed E-state index contributed by atoms with van der Waals surface area (Å²) in [5, 5.41) is 6.96. The lowest BCUT2D eigenvalue weighted by molar-refractivity contribution is -0.116. The fourth-order valence-corrected chi connectivity index (χ4v) is 2.09. The number of hydrogen-bond acceptors (Lipinski definition) is 4. The van der Waals surface area contributed by atoms with Gasteiger partial charge < -0.3 is 14.8 Å². The molecule has 1 aromatic carbocycles. The minimum Gasteiger partial charge on any atom is -0.497 e. The van der Waals surface area contributed by atoms with Crippen molar-refractivity contribution < 1.29 is 14.3 Å². The van der Waals surface area contributed by atoms with Gasteiger partial charge in [-0.05, 0) is 31.0 Å². The highest BCUT2D eigenvalue weighted by atomic mass is 16.5. The molecule has 0 unspecified atom stereocenters. The quantitative estimate of drug-likeness (QED) is 0.853. The number of carbonyl (C=O) groups excluding carboxylic acids is 1. The van der Waals surface area contributed by atoms with Crippen molar-refractivity contribution in [3.05, 3.63) is 36.2 Å². The number of rotatable bonds is 7. The van der Waals surface area contributed by atoms with E-state index >= 15 is 0 Å². The van der Waals surface area contributed by atoms with Crippen LogP contribution >= 0.6 is 0 Å². The summed E-state index contributed by atoms with van der Waals surface area (Å²) in [5.74, 6) is 1.24. The lowest BCUT2D eigenvalue weighted by atomic mass is 10.2. The normalized spacial score (nSPS) is 10.3. The number of nitrogens with zero attached hydrogens (tertiary/aromatic N) is 2. The van der Waals surface area contributed by atoms with E-state index in [9.17, 15) is 4.79 Å². The lowest BCUT2D eigenvalue weighted by Crippen LogP contribution is -2.13. The molecule has 1 amide bonds. The molecule has 6 heteroatoms. The SMILES string of the molecule is CCOc1ccc(OC)cc1NC(=O)CCc1cnn(C)c1. The van der Waals surface area contributed by atoms with Crippen molar-refractivity contribution in [1.82, 2.24) is 9.78 Å². The molecule has 0 bridgehead atoms. The Bertz CT molecular complexity index is 637. The van der Waals surface area contributed by atoms with E-state index in [2.05, 4.69) is 10.4 Å². The monoisotopic (exact) mass is 303 g/mol. The van der Waals surface area contributed by atoms with Crippen LogP contribution in [0, 0.1) is 0 Å². The van der Waals surface area contributed by atoms with Crippen LogP contribution in [0.5, 0.6) is 11.5 Å². The number of benzene rings is 1. The molecule has 0 aliphatic rings. The summed E-state index contributed by atoms with van der Waals surface area (Å²) in [7, 11) is 3.44. The first-order valence-corrected chi connectivity index (χ1v) is 7.20. The predicted molar refractivity (Wildman–Crippen MR) is 84.3 cm³/mol. The number of aromatic nitrogens is 2. The van der Waals surface area contributed by atoms with Crippen molar-refractivity contribution in [2.45, 2.75) is 19.8 Å². The zero-order chi connectivity index (χ0) is 15.9. The minimum absolute atomic E-state index is 0.0712. The van der Waals surface area contributed by atoms with Crippen molar-refractivity contribution in [2.75, 3.05) is 19.0 Å². The first kappa shape index (κ1) is 15.9. The summed E-state index contributed by atoms with van der Waals surface area (Å²) < 4.78 is 12.4. The molecule has 118 valence electrons. The summed E-state index contributed by atoms with van der Waals surface area (Å²) in [6.07, 6.45) is 4.71. The van der Waals surface area contributed by atoms with Gasteiger partial charge in [0.25, 0.3) is 0 Å². The summed E-state index contributed by atoms with van der Waals surface area (Å²) in [6.45, 7) is 2.43. The maximum absolute atomic E-state index is 12.1. The summed E-state index contributed by atoms with van der Waals surface area (Å²) >= 11 is 0. The van der Waals surface area contributed by atoms with Crippen molar-refractivity contribution >= 4 is 11.6 Å². The Morgan fingerprint density at radius 3 is 2.86 bits per heavy atom. The molecule has 0 saturated carbocycles. The van der Waals surface area contributed by atoms with Gasteiger partial charge in [0.2, 0.25) is 5.91 Å². The molecule has 0 atom stereocenters. The molecule has 0 spiro atoms. The third kappa shape index (κ3) is 4.25. The molecule has 2 rings (SSSR count). The number of amides is 1. The van der Waals surface area contributed by atoms with Crippen LogP contribution in [0.2, 0.25) is 0 Å². The molecule has 1 heterocycles. The van der Waals surface area contributed by atoms with Gasteiger partial charge in [0, 0.05) is 25.7 Å². The highest BCUT2D eigenvalue weighted by Gasteiger charge is 2.10. The summed E-state index contributed by atoms with van der Waals surface area (Å²) in [5.41, 5.74) is 1.66. The number of hydrogen-bond donors (Lipinski definition) is 1. The van der Waals surface area contributed by atoms with Crippen LogP contribution in [0.25, 0.3) is 0 Å². The molecule has 0 aliphatic carbocycles. The zero-order valence-electron chi connectivity index (χ0n) is 13.1. The van der Waals surface area contributed by atoms with Gasteiger partial charge in [0.1, 0.15) is 11.5 Å². The second kappa shape index (κ2) is 7.49. The second-order valence-electron chi connectivity index (χ2n) is 4.87. The predicted octanol–water partition coefficient (Wildman–Crippen LogP) is 2.40. The standard InChI is InChI=1S/C16H21N3O3/c1-4-22-15-7-6-13(21-3)9-14(15)18-16(20)8-5-12-10-17-19(2)11-12/h6-7,9-11H,4-5,8H2,1-3H3,(H,18,20). The molecule has 1 aromatic heterocycles. The van der Waals surface area contributed by atoms with Gasteiger partial charge >= 0.3 is 0 Å². The van der Waals surface area contributed by atoms with Crippen molar-refractivity contribution in [3.8, 4) is 11.5 Å². The Kier molecular flexibility index (Phi) is 5.41. The lowest BCUT2D eigenvalue weighted by Gasteiger charge is -2.12. The van der Waals surface area contributed by atoms with Gasteiger partial charge in [0.05, 0.1) is 25.6 Å². The second-order valence-corrected chi connectivity index (χ2v) is 4.87. The van der Waals surface area contributed by atoms with Crippen LogP contribution in [0.1, 0.15) is 18.9 Å². The molecular formula is C16H21N3O3. The van der Waals surface area contributed by atoms with Gasteiger partial charge in [-0.3, -0.25) is 9.48 Å². The summed E-state index contributed by atoms with van der Waals surface area (Å²) in [6, 6.07) is 5.35. The van der Waals surface area contributed by atoms with Gasteiger partial charge in [-0.25, -0.2) is 0 Å². The minimum atomic E-state index is -0.0712. The average molecular weight is 303 g/mol. The fourth-order valence-electron chi connectivity index (χ4n) is 2.09. The highest BCUT2D eigenvalue weighted by Crippen LogP contribution is 2.29. The van der Waals surface area contributed by atoms with Crippen molar-refractivity contribution in [3.63, 3.8) is 0 Å². The van der Waals surface area contributed by atoms with Gasteiger partial charge in [-0.2, -0.15) is 5.10 Å². The molecule has 0 radical (unpaired) electrons. The molecular weight excluding hydrogens is 282 g/mol. The first-order valence-electron chi connectivity index (χ1n) is 7.20. The Balaban J connectivity index is 2.00. The van der Waals surface area contributed by atoms with Gasteiger partial charge in [-0.15, -0.1) is 0 Å². The third-order valence-electron chi connectivity index (χ3n) is 3.16. The van der Waals surface area contributed by atoms with Crippen molar-refractivity contribution in [2.24, 2.45) is 7.05 Å². The molecule has 0 aliphatic heterocycles. The van der Waals surface area contributed by atoms with Crippen LogP contribution in [-0.2, 0) is 18.3 Å². The van der Waals surface area contributed by atoms with Crippen LogP contribution in [-0.4, -0.2) is 29.4 Å². The summed E-state index contributed by atoms with van der Waals surface area (Å²) in [4.78, 5) is 12.1. The van der Waals surface area contributed by atoms with Gasteiger partial charge in [-0.1, -0.05) is 0 Å². The fraction of sp³-hybridized carbons (Fsp3) is 0.375. The Morgan fingerprint density at radius 1 is 1.41 bits per heavy atom. The number of carbonyl (C=O) groups is 1. The molecule has 0 saturated heterocycles. The van der Waals surface area contributed by atoms with Gasteiger partial charge in [0.15, 0.2) is 0 Å². The maximum Gasteiger partial charge on any atom is 0.224 e.